The number of thiophene rings is 1. The summed E-state index contributed by atoms with van der Waals surface area (Å²) in [6, 6.07) is 1.77. The van der Waals surface area contributed by atoms with Gasteiger partial charge in [-0.1, -0.05) is 19.8 Å². The fraction of sp³-hybridized carbons (Fsp3) is 0.538. The van der Waals surface area contributed by atoms with Gasteiger partial charge in [0, 0.05) is 0 Å². The van der Waals surface area contributed by atoms with Gasteiger partial charge < -0.3 is 5.11 Å². The van der Waals surface area contributed by atoms with Gasteiger partial charge in [-0.3, -0.25) is 4.79 Å². The first-order valence-electron chi connectivity index (χ1n) is 5.94. The summed E-state index contributed by atoms with van der Waals surface area (Å²) >= 11 is 1.09. The van der Waals surface area contributed by atoms with Gasteiger partial charge in [-0.2, -0.15) is 0 Å². The van der Waals surface area contributed by atoms with Gasteiger partial charge in [0.1, 0.15) is 4.88 Å². The summed E-state index contributed by atoms with van der Waals surface area (Å²) in [7, 11) is 0. The topological polar surface area (TPSA) is 54.4 Å². The van der Waals surface area contributed by atoms with Crippen LogP contribution in [0, 0.1) is 5.92 Å². The number of carbonyl (C=O) groups is 2. The minimum absolute atomic E-state index is 0.315. The first-order chi connectivity index (χ1) is 8.11. The van der Waals surface area contributed by atoms with E-state index in [1.165, 1.54) is 6.42 Å². The third kappa shape index (κ3) is 2.57. The second-order valence-electron chi connectivity index (χ2n) is 4.82. The summed E-state index contributed by atoms with van der Waals surface area (Å²) in [5.41, 5.74) is 0.871. The summed E-state index contributed by atoms with van der Waals surface area (Å²) in [5, 5.41) is 9.17. The van der Waals surface area contributed by atoms with Crippen LogP contribution in [0.3, 0.4) is 0 Å². The van der Waals surface area contributed by atoms with E-state index in [1.54, 1.807) is 6.07 Å². The molecule has 2 rings (SSSR count). The molecular weight excluding hydrogens is 236 g/mol. The lowest BCUT2D eigenvalue weighted by molar-refractivity contribution is 0.0700. The Morgan fingerprint density at radius 1 is 1.53 bits per heavy atom. The zero-order chi connectivity index (χ0) is 12.4. The van der Waals surface area contributed by atoms with E-state index in [0.29, 0.717) is 21.6 Å². The van der Waals surface area contributed by atoms with Crippen LogP contribution in [0.1, 0.15) is 63.4 Å². The molecule has 1 saturated carbocycles. The lowest BCUT2D eigenvalue weighted by Crippen LogP contribution is -2.13. The van der Waals surface area contributed by atoms with Crippen LogP contribution in [0.2, 0.25) is 0 Å². The fourth-order valence-electron chi connectivity index (χ4n) is 2.67. The zero-order valence-corrected chi connectivity index (χ0v) is 10.6. The van der Waals surface area contributed by atoms with Crippen molar-refractivity contribution in [1.29, 1.82) is 0 Å². The number of carboxylic acids is 1. The molecule has 1 aromatic rings. The number of aldehydes is 1. The van der Waals surface area contributed by atoms with Gasteiger partial charge in [-0.05, 0) is 36.3 Å². The highest BCUT2D eigenvalue weighted by molar-refractivity contribution is 7.15. The molecule has 92 valence electrons. The van der Waals surface area contributed by atoms with Gasteiger partial charge in [0.05, 0.1) is 4.88 Å². The lowest BCUT2D eigenvalue weighted by atomic mass is 9.79. The van der Waals surface area contributed by atoms with Crippen molar-refractivity contribution in [2.24, 2.45) is 5.92 Å². The summed E-state index contributed by atoms with van der Waals surface area (Å²) in [6.45, 7) is 2.21. The lowest BCUT2D eigenvalue weighted by Gasteiger charge is -2.26. The van der Waals surface area contributed by atoms with Gasteiger partial charge >= 0.3 is 5.97 Å². The van der Waals surface area contributed by atoms with Crippen molar-refractivity contribution in [3.05, 3.63) is 21.4 Å². The van der Waals surface area contributed by atoms with Crippen molar-refractivity contribution in [1.82, 2.24) is 0 Å². The molecule has 3 nitrogen and oxygen atoms in total. The predicted octanol–water partition coefficient (Wildman–Crippen LogP) is 3.55. The van der Waals surface area contributed by atoms with Gasteiger partial charge in [0.2, 0.25) is 0 Å². The molecule has 0 bridgehead atoms. The predicted molar refractivity (Wildman–Crippen MR) is 67.0 cm³/mol. The van der Waals surface area contributed by atoms with Crippen molar-refractivity contribution in [2.75, 3.05) is 0 Å². The van der Waals surface area contributed by atoms with Crippen LogP contribution < -0.4 is 0 Å². The highest BCUT2D eigenvalue weighted by atomic mass is 32.1. The van der Waals surface area contributed by atoms with Crippen LogP contribution in [-0.2, 0) is 0 Å². The molecule has 0 amide bonds. The minimum atomic E-state index is -0.906. The molecule has 0 aliphatic heterocycles. The molecule has 1 aliphatic rings. The maximum absolute atomic E-state index is 11.2. The molecule has 0 aromatic carbocycles. The van der Waals surface area contributed by atoms with E-state index in [-0.39, 0.29) is 0 Å². The average Bonchev–Trinajstić information content (AvgIpc) is 2.73. The molecule has 1 aromatic heterocycles. The Labute approximate surface area is 104 Å². The molecule has 1 N–H and O–H groups in total. The monoisotopic (exact) mass is 252 g/mol. The molecule has 0 spiro atoms. The van der Waals surface area contributed by atoms with Crippen LogP contribution in [-0.4, -0.2) is 17.4 Å². The third-order valence-electron chi connectivity index (χ3n) is 3.47. The Morgan fingerprint density at radius 3 is 2.88 bits per heavy atom. The molecular formula is C13H16O3S. The molecule has 1 aliphatic carbocycles. The van der Waals surface area contributed by atoms with Crippen LogP contribution >= 0.6 is 11.3 Å². The van der Waals surface area contributed by atoms with Crippen LogP contribution in [0.4, 0.5) is 0 Å². The second-order valence-corrected chi connectivity index (χ2v) is 5.91. The van der Waals surface area contributed by atoms with Gasteiger partial charge in [0.25, 0.3) is 0 Å². The van der Waals surface area contributed by atoms with Crippen molar-refractivity contribution in [3.63, 3.8) is 0 Å². The van der Waals surface area contributed by atoms with E-state index in [2.05, 4.69) is 6.92 Å². The van der Waals surface area contributed by atoms with Gasteiger partial charge in [-0.25, -0.2) is 4.79 Å². The maximum Gasteiger partial charge on any atom is 0.346 e. The third-order valence-corrected chi connectivity index (χ3v) is 4.53. The Hall–Kier alpha value is -1.16. The first kappa shape index (κ1) is 12.3. The van der Waals surface area contributed by atoms with Crippen molar-refractivity contribution < 1.29 is 14.7 Å². The van der Waals surface area contributed by atoms with E-state index in [0.717, 1.165) is 42.4 Å². The largest absolute Gasteiger partial charge is 0.477 e. The van der Waals surface area contributed by atoms with Gasteiger partial charge in [0.15, 0.2) is 6.29 Å². The molecule has 2 unspecified atom stereocenters. The summed E-state index contributed by atoms with van der Waals surface area (Å²) < 4.78 is 0. The quantitative estimate of drug-likeness (QED) is 0.837. The standard InChI is InChI=1S/C13H16O3S/c1-8-3-2-4-9(5-8)11-6-10(7-14)17-12(11)13(15)16/h6-9H,2-5H2,1H3,(H,15,16). The van der Waals surface area contributed by atoms with Crippen molar-refractivity contribution in [3.8, 4) is 0 Å². The Balaban J connectivity index is 2.32. The van der Waals surface area contributed by atoms with Crippen molar-refractivity contribution >= 4 is 23.6 Å². The average molecular weight is 252 g/mol. The highest BCUT2D eigenvalue weighted by Gasteiger charge is 2.26. The first-order valence-corrected chi connectivity index (χ1v) is 6.75. The molecule has 4 heteroatoms. The van der Waals surface area contributed by atoms with E-state index in [1.807, 2.05) is 0 Å². The SMILES string of the molecule is CC1CCCC(c2cc(C=O)sc2C(=O)O)C1. The normalized spacial score (nSPS) is 24.5. The van der Waals surface area contributed by atoms with Gasteiger partial charge in [-0.15, -0.1) is 11.3 Å². The Bertz CT molecular complexity index is 436. The van der Waals surface area contributed by atoms with Crippen LogP contribution in [0.15, 0.2) is 6.07 Å². The molecule has 17 heavy (non-hydrogen) atoms. The number of hydrogen-bond donors (Lipinski definition) is 1. The number of carbonyl (C=O) groups excluding carboxylic acids is 1. The van der Waals surface area contributed by atoms with E-state index >= 15 is 0 Å². The van der Waals surface area contributed by atoms with Crippen molar-refractivity contribution in [2.45, 2.75) is 38.5 Å². The maximum atomic E-state index is 11.2. The number of rotatable bonds is 3. The molecule has 0 saturated heterocycles. The summed E-state index contributed by atoms with van der Waals surface area (Å²) in [6.07, 6.45) is 5.20. The van der Waals surface area contributed by atoms with E-state index in [9.17, 15) is 9.59 Å². The van der Waals surface area contributed by atoms with E-state index in [4.69, 9.17) is 5.11 Å². The fourth-order valence-corrected chi connectivity index (χ4v) is 3.57. The molecule has 1 fully saturated rings. The number of aromatic carboxylic acids is 1. The smallest absolute Gasteiger partial charge is 0.346 e. The second kappa shape index (κ2) is 5.00. The highest BCUT2D eigenvalue weighted by Crippen LogP contribution is 2.39. The zero-order valence-electron chi connectivity index (χ0n) is 9.81. The number of hydrogen-bond acceptors (Lipinski definition) is 3. The van der Waals surface area contributed by atoms with Crippen LogP contribution in [0.5, 0.6) is 0 Å². The summed E-state index contributed by atoms with van der Waals surface area (Å²) in [5.74, 6) is 0.0566. The van der Waals surface area contributed by atoms with E-state index < -0.39 is 5.97 Å². The number of carboxylic acid groups (broad SMARTS) is 1. The minimum Gasteiger partial charge on any atom is -0.477 e. The van der Waals surface area contributed by atoms with Crippen LogP contribution in [0.25, 0.3) is 0 Å². The molecule has 0 radical (unpaired) electrons. The molecule has 2 atom stereocenters. The Morgan fingerprint density at radius 2 is 2.29 bits per heavy atom. The Kier molecular flexibility index (Phi) is 3.62. The molecule has 1 heterocycles. The summed E-state index contributed by atoms with van der Waals surface area (Å²) in [4.78, 5) is 22.8.